The van der Waals surface area contributed by atoms with E-state index in [1.54, 1.807) is 0 Å². The number of nitrogens with one attached hydrogen (secondary N) is 1. The molecule has 0 amide bonds. The molecule has 1 aliphatic rings. The highest BCUT2D eigenvalue weighted by Crippen LogP contribution is 2.31. The molecule has 1 aliphatic carbocycles. The van der Waals surface area contributed by atoms with Crippen molar-refractivity contribution in [2.45, 2.75) is 66.5 Å². The summed E-state index contributed by atoms with van der Waals surface area (Å²) in [6.07, 6.45) is 2.83. The van der Waals surface area contributed by atoms with Gasteiger partial charge in [0, 0.05) is 25.2 Å². The van der Waals surface area contributed by atoms with Crippen LogP contribution >= 0.6 is 0 Å². The summed E-state index contributed by atoms with van der Waals surface area (Å²) in [6.45, 7) is 17.5. The van der Waals surface area contributed by atoms with Gasteiger partial charge in [0.15, 0.2) is 0 Å². The van der Waals surface area contributed by atoms with Crippen LogP contribution in [0.25, 0.3) is 0 Å². The lowest BCUT2D eigenvalue weighted by atomic mass is 10.0. The van der Waals surface area contributed by atoms with Crippen LogP contribution in [0, 0.1) is 17.8 Å². The van der Waals surface area contributed by atoms with E-state index < -0.39 is 0 Å². The minimum absolute atomic E-state index is 0.707. The van der Waals surface area contributed by atoms with Gasteiger partial charge in [0.1, 0.15) is 0 Å². The molecule has 0 bridgehead atoms. The zero-order valence-electron chi connectivity index (χ0n) is 13.4. The molecule has 1 unspecified atom stereocenters. The van der Waals surface area contributed by atoms with Gasteiger partial charge in [-0.2, -0.15) is 0 Å². The fourth-order valence-electron chi connectivity index (χ4n) is 2.64. The minimum Gasteiger partial charge on any atom is -0.315 e. The van der Waals surface area contributed by atoms with E-state index in [1.165, 1.54) is 19.4 Å². The second-order valence-corrected chi connectivity index (χ2v) is 7.19. The van der Waals surface area contributed by atoms with Gasteiger partial charge < -0.3 is 5.32 Å². The summed E-state index contributed by atoms with van der Waals surface area (Å²) in [5.41, 5.74) is 0. The first-order valence-corrected chi connectivity index (χ1v) is 7.88. The normalized spacial score (nSPS) is 18.3. The summed E-state index contributed by atoms with van der Waals surface area (Å²) in [6, 6.07) is 1.58. The third-order valence-electron chi connectivity index (χ3n) is 3.69. The molecule has 0 aliphatic heterocycles. The predicted octanol–water partition coefficient (Wildman–Crippen LogP) is 3.38. The molecule has 1 fully saturated rings. The molecule has 0 aromatic heterocycles. The Morgan fingerprint density at radius 1 is 0.944 bits per heavy atom. The second kappa shape index (κ2) is 7.49. The maximum absolute atomic E-state index is 3.66. The fourth-order valence-corrected chi connectivity index (χ4v) is 2.64. The van der Waals surface area contributed by atoms with Gasteiger partial charge in [-0.3, -0.25) is 4.90 Å². The molecule has 2 heteroatoms. The molecule has 2 nitrogen and oxygen atoms in total. The molecule has 0 radical (unpaired) electrons. The van der Waals surface area contributed by atoms with Crippen LogP contribution in [0.4, 0.5) is 0 Å². The highest BCUT2D eigenvalue weighted by atomic mass is 15.2. The Balaban J connectivity index is 2.50. The van der Waals surface area contributed by atoms with Crippen LogP contribution in [0.15, 0.2) is 0 Å². The average Bonchev–Trinajstić information content (AvgIpc) is 3.04. The average molecular weight is 254 g/mol. The van der Waals surface area contributed by atoms with E-state index in [-0.39, 0.29) is 0 Å². The van der Waals surface area contributed by atoms with Crippen LogP contribution in [0.3, 0.4) is 0 Å². The van der Waals surface area contributed by atoms with Gasteiger partial charge in [-0.05, 0) is 37.1 Å². The van der Waals surface area contributed by atoms with E-state index in [4.69, 9.17) is 0 Å². The van der Waals surface area contributed by atoms with Gasteiger partial charge >= 0.3 is 0 Å². The van der Waals surface area contributed by atoms with Gasteiger partial charge in [-0.25, -0.2) is 0 Å². The van der Waals surface area contributed by atoms with E-state index in [1.807, 2.05) is 0 Å². The Kier molecular flexibility index (Phi) is 6.65. The first-order chi connectivity index (χ1) is 8.41. The number of hydrogen-bond donors (Lipinski definition) is 1. The molecule has 0 aromatic carbocycles. The zero-order valence-corrected chi connectivity index (χ0v) is 13.4. The molecule has 0 aromatic rings. The van der Waals surface area contributed by atoms with Crippen LogP contribution in [0.1, 0.15) is 54.4 Å². The molecule has 1 rings (SSSR count). The minimum atomic E-state index is 0.707. The fraction of sp³-hybridized carbons (Fsp3) is 1.00. The molecule has 0 spiro atoms. The summed E-state index contributed by atoms with van der Waals surface area (Å²) in [4.78, 5) is 2.78. The van der Waals surface area contributed by atoms with Crippen LogP contribution < -0.4 is 5.32 Å². The molecular weight excluding hydrogens is 220 g/mol. The smallest absolute Gasteiger partial charge is 0.0246 e. The second-order valence-electron chi connectivity index (χ2n) is 7.19. The Hall–Kier alpha value is -0.0800. The monoisotopic (exact) mass is 254 g/mol. The third kappa shape index (κ3) is 5.71. The molecule has 1 N–H and O–H groups in total. The molecule has 0 saturated heterocycles. The standard InChI is InChI=1S/C16H34N2/c1-12(2)9-17-10-16(14(5)6)18(11-13(3)4)15-7-8-15/h12-17H,7-11H2,1-6H3. The van der Waals surface area contributed by atoms with Gasteiger partial charge in [0.25, 0.3) is 0 Å². The Bertz CT molecular complexity index is 219. The summed E-state index contributed by atoms with van der Waals surface area (Å²) in [5, 5.41) is 3.66. The van der Waals surface area contributed by atoms with Gasteiger partial charge in [0.05, 0.1) is 0 Å². The van der Waals surface area contributed by atoms with E-state index in [2.05, 4.69) is 51.8 Å². The zero-order chi connectivity index (χ0) is 13.7. The van der Waals surface area contributed by atoms with Crippen molar-refractivity contribution in [3.63, 3.8) is 0 Å². The van der Waals surface area contributed by atoms with Crippen molar-refractivity contribution in [2.75, 3.05) is 19.6 Å². The van der Waals surface area contributed by atoms with Crippen molar-refractivity contribution in [2.24, 2.45) is 17.8 Å². The number of hydrogen-bond acceptors (Lipinski definition) is 2. The largest absolute Gasteiger partial charge is 0.315 e. The topological polar surface area (TPSA) is 15.3 Å². The molecule has 18 heavy (non-hydrogen) atoms. The first kappa shape index (κ1) is 16.0. The lowest BCUT2D eigenvalue weighted by Crippen LogP contribution is -2.48. The maximum Gasteiger partial charge on any atom is 0.0246 e. The van der Waals surface area contributed by atoms with E-state index in [0.717, 1.165) is 36.9 Å². The molecule has 1 atom stereocenters. The lowest BCUT2D eigenvalue weighted by Gasteiger charge is -2.36. The Labute approximate surface area is 115 Å². The lowest BCUT2D eigenvalue weighted by molar-refractivity contribution is 0.126. The highest BCUT2D eigenvalue weighted by Gasteiger charge is 2.35. The van der Waals surface area contributed by atoms with Crippen molar-refractivity contribution in [3.8, 4) is 0 Å². The molecule has 1 saturated carbocycles. The van der Waals surface area contributed by atoms with Crippen LogP contribution in [0.2, 0.25) is 0 Å². The quantitative estimate of drug-likeness (QED) is 0.678. The summed E-state index contributed by atoms with van der Waals surface area (Å²) >= 11 is 0. The van der Waals surface area contributed by atoms with E-state index in [0.29, 0.717) is 6.04 Å². The highest BCUT2D eigenvalue weighted by molar-refractivity contribution is 4.91. The Morgan fingerprint density at radius 2 is 1.56 bits per heavy atom. The van der Waals surface area contributed by atoms with Crippen molar-refractivity contribution in [1.29, 1.82) is 0 Å². The van der Waals surface area contributed by atoms with Gasteiger partial charge in [-0.15, -0.1) is 0 Å². The van der Waals surface area contributed by atoms with Crippen LogP contribution in [-0.4, -0.2) is 36.6 Å². The summed E-state index contributed by atoms with van der Waals surface area (Å²) in [7, 11) is 0. The summed E-state index contributed by atoms with van der Waals surface area (Å²) < 4.78 is 0. The van der Waals surface area contributed by atoms with Crippen molar-refractivity contribution < 1.29 is 0 Å². The number of nitrogens with zero attached hydrogens (tertiary/aromatic N) is 1. The first-order valence-electron chi connectivity index (χ1n) is 7.88. The third-order valence-corrected chi connectivity index (χ3v) is 3.69. The van der Waals surface area contributed by atoms with Crippen molar-refractivity contribution in [1.82, 2.24) is 10.2 Å². The van der Waals surface area contributed by atoms with Crippen molar-refractivity contribution in [3.05, 3.63) is 0 Å². The molecular formula is C16H34N2. The summed E-state index contributed by atoms with van der Waals surface area (Å²) in [5.74, 6) is 2.26. The Morgan fingerprint density at radius 3 is 1.94 bits per heavy atom. The van der Waals surface area contributed by atoms with E-state index >= 15 is 0 Å². The van der Waals surface area contributed by atoms with Crippen LogP contribution in [-0.2, 0) is 0 Å². The van der Waals surface area contributed by atoms with Gasteiger partial charge in [0.2, 0.25) is 0 Å². The maximum atomic E-state index is 3.66. The van der Waals surface area contributed by atoms with Crippen molar-refractivity contribution >= 4 is 0 Å². The molecule has 108 valence electrons. The number of rotatable bonds is 9. The van der Waals surface area contributed by atoms with E-state index in [9.17, 15) is 0 Å². The van der Waals surface area contributed by atoms with Gasteiger partial charge in [-0.1, -0.05) is 41.5 Å². The predicted molar refractivity (Wildman–Crippen MR) is 80.9 cm³/mol. The molecule has 0 heterocycles. The SMILES string of the molecule is CC(C)CNCC(C(C)C)N(CC(C)C)C1CC1. The van der Waals surface area contributed by atoms with Crippen LogP contribution in [0.5, 0.6) is 0 Å².